The average molecular weight is 645 g/mol. The topological polar surface area (TPSA) is 42.3 Å². The lowest BCUT2D eigenvalue weighted by Gasteiger charge is -2.16. The van der Waals surface area contributed by atoms with Gasteiger partial charge in [-0.3, -0.25) is 9.59 Å². The van der Waals surface area contributed by atoms with Crippen molar-refractivity contribution in [1.29, 1.82) is 0 Å². The van der Waals surface area contributed by atoms with Crippen LogP contribution in [0.3, 0.4) is 0 Å². The third-order valence-corrected chi connectivity index (χ3v) is 9.81. The number of aromatic nitrogens is 1. The highest BCUT2D eigenvalue weighted by Gasteiger charge is 2.39. The molecule has 4 nitrogen and oxygen atoms in total. The van der Waals surface area contributed by atoms with Crippen LogP contribution in [-0.2, 0) is 0 Å². The van der Waals surface area contributed by atoms with Crippen molar-refractivity contribution < 1.29 is 9.59 Å². The summed E-state index contributed by atoms with van der Waals surface area (Å²) in [5.74, 6) is -0.644. The number of carbonyl (C=O) groups is 2. The molecule has 2 amide bonds. The Morgan fingerprint density at radius 1 is 0.420 bits per heavy atom. The summed E-state index contributed by atoms with van der Waals surface area (Å²) in [5.41, 5.74) is 12.9. The van der Waals surface area contributed by atoms with Gasteiger partial charge in [-0.25, -0.2) is 4.90 Å². The zero-order valence-corrected chi connectivity index (χ0v) is 27.7. The summed E-state index contributed by atoms with van der Waals surface area (Å²) >= 11 is 0. The quantitative estimate of drug-likeness (QED) is 0.175. The number of amides is 2. The summed E-state index contributed by atoms with van der Waals surface area (Å²) in [5, 5.41) is 2.16. The third-order valence-electron chi connectivity index (χ3n) is 9.81. The second-order valence-corrected chi connectivity index (χ2v) is 13.1. The first kappa shape index (κ1) is 29.6. The molecule has 4 heteroatoms. The van der Waals surface area contributed by atoms with Crippen LogP contribution in [0.1, 0.15) is 31.8 Å². The van der Waals surface area contributed by atoms with Crippen molar-refractivity contribution in [2.75, 3.05) is 4.90 Å². The van der Waals surface area contributed by atoms with E-state index < -0.39 is 0 Å². The van der Waals surface area contributed by atoms with Crippen LogP contribution in [0.2, 0.25) is 0 Å². The first-order valence-corrected chi connectivity index (χ1v) is 16.8. The first-order valence-electron chi connectivity index (χ1n) is 16.8. The van der Waals surface area contributed by atoms with Gasteiger partial charge in [-0.15, -0.1) is 0 Å². The molecule has 1 aliphatic rings. The van der Waals surface area contributed by atoms with Crippen molar-refractivity contribution in [1.82, 2.24) is 4.57 Å². The van der Waals surface area contributed by atoms with E-state index in [2.05, 4.69) is 103 Å². The Hall–Kier alpha value is -6.52. The van der Waals surface area contributed by atoms with Gasteiger partial charge in [-0.2, -0.15) is 0 Å². The molecule has 0 atom stereocenters. The van der Waals surface area contributed by atoms with Crippen molar-refractivity contribution in [2.24, 2.45) is 0 Å². The minimum Gasteiger partial charge on any atom is -0.308 e. The number of benzene rings is 7. The molecule has 50 heavy (non-hydrogen) atoms. The van der Waals surface area contributed by atoms with E-state index in [0.717, 1.165) is 55.2 Å². The maximum absolute atomic E-state index is 14.5. The third kappa shape index (κ3) is 4.76. The molecule has 0 fully saturated rings. The van der Waals surface area contributed by atoms with E-state index in [-0.39, 0.29) is 11.8 Å². The van der Waals surface area contributed by atoms with E-state index in [0.29, 0.717) is 22.5 Å². The fourth-order valence-corrected chi connectivity index (χ4v) is 7.43. The summed E-state index contributed by atoms with van der Waals surface area (Å²) in [6, 6.07) is 53.4. The largest absolute Gasteiger partial charge is 0.308 e. The maximum Gasteiger partial charge on any atom is 0.268 e. The molecule has 0 aliphatic carbocycles. The fourth-order valence-electron chi connectivity index (χ4n) is 7.43. The Labute approximate surface area is 290 Å². The number of anilines is 1. The van der Waals surface area contributed by atoms with Gasteiger partial charge in [0.2, 0.25) is 0 Å². The van der Waals surface area contributed by atoms with Crippen LogP contribution in [0, 0.1) is 13.8 Å². The monoisotopic (exact) mass is 644 g/mol. The summed E-state index contributed by atoms with van der Waals surface area (Å²) in [6.07, 6.45) is 0. The minimum atomic E-state index is -0.325. The number of imide groups is 1. The zero-order chi connectivity index (χ0) is 33.9. The first-order chi connectivity index (χ1) is 24.4. The van der Waals surface area contributed by atoms with Gasteiger partial charge in [-0.05, 0) is 95.8 Å². The minimum absolute atomic E-state index is 0.318. The predicted molar refractivity (Wildman–Crippen MR) is 204 cm³/mol. The lowest BCUT2D eigenvalue weighted by molar-refractivity contribution is 0.0926. The molecule has 0 spiro atoms. The van der Waals surface area contributed by atoms with E-state index in [1.807, 2.05) is 66.7 Å². The molecule has 0 saturated heterocycles. The van der Waals surface area contributed by atoms with Gasteiger partial charge in [-0.1, -0.05) is 120 Å². The SMILES string of the molecule is Cc1cccc(-c2ccc3c(c2)c2cc(-c4cccc(C)c4)ccc2n3-c2cccc3c2C(=O)N(c2cccc(-c4ccccc4)c2)C3=O)c1. The van der Waals surface area contributed by atoms with Crippen LogP contribution >= 0.6 is 0 Å². The Morgan fingerprint density at radius 2 is 0.940 bits per heavy atom. The number of carbonyl (C=O) groups excluding carboxylic acids is 2. The van der Waals surface area contributed by atoms with Crippen molar-refractivity contribution in [2.45, 2.75) is 13.8 Å². The van der Waals surface area contributed by atoms with Gasteiger partial charge in [0.25, 0.3) is 11.8 Å². The van der Waals surface area contributed by atoms with Crippen molar-refractivity contribution >= 4 is 39.3 Å². The normalized spacial score (nSPS) is 12.6. The van der Waals surface area contributed by atoms with Gasteiger partial charge in [0.1, 0.15) is 0 Å². The average Bonchev–Trinajstić information content (AvgIpc) is 3.61. The number of rotatable bonds is 5. The molecule has 0 radical (unpaired) electrons. The fraction of sp³-hybridized carbons (Fsp3) is 0.0435. The van der Waals surface area contributed by atoms with Gasteiger partial charge < -0.3 is 4.57 Å². The molecule has 238 valence electrons. The smallest absolute Gasteiger partial charge is 0.268 e. The molecule has 0 bridgehead atoms. The highest BCUT2D eigenvalue weighted by molar-refractivity contribution is 6.36. The molecule has 0 unspecified atom stereocenters. The van der Waals surface area contributed by atoms with E-state index in [1.54, 1.807) is 6.07 Å². The Kier molecular flexibility index (Phi) is 6.85. The Balaban J connectivity index is 1.24. The number of nitrogens with zero attached hydrogens (tertiary/aromatic N) is 2. The van der Waals surface area contributed by atoms with Gasteiger partial charge in [0, 0.05) is 10.8 Å². The summed E-state index contributed by atoms with van der Waals surface area (Å²) in [6.45, 7) is 4.22. The molecule has 8 aromatic rings. The van der Waals surface area contributed by atoms with E-state index in [9.17, 15) is 9.59 Å². The van der Waals surface area contributed by atoms with E-state index >= 15 is 0 Å². The van der Waals surface area contributed by atoms with Crippen molar-refractivity contribution in [3.63, 3.8) is 0 Å². The lowest BCUT2D eigenvalue weighted by Crippen LogP contribution is -2.29. The van der Waals surface area contributed by atoms with Crippen LogP contribution in [0.25, 0.3) is 60.9 Å². The van der Waals surface area contributed by atoms with Crippen LogP contribution in [0.5, 0.6) is 0 Å². The number of hydrogen-bond donors (Lipinski definition) is 0. The lowest BCUT2D eigenvalue weighted by atomic mass is 9.99. The maximum atomic E-state index is 14.5. The predicted octanol–water partition coefficient (Wildman–Crippen LogP) is 11.2. The van der Waals surface area contributed by atoms with Crippen molar-refractivity contribution in [3.8, 4) is 39.1 Å². The number of hydrogen-bond acceptors (Lipinski definition) is 2. The Morgan fingerprint density at radius 3 is 1.54 bits per heavy atom. The summed E-state index contributed by atoms with van der Waals surface area (Å²) < 4.78 is 2.15. The molecule has 0 N–H and O–H groups in total. The second-order valence-electron chi connectivity index (χ2n) is 13.1. The molecule has 9 rings (SSSR count). The van der Waals surface area contributed by atoms with Gasteiger partial charge in [0.15, 0.2) is 0 Å². The highest BCUT2D eigenvalue weighted by atomic mass is 16.2. The standard InChI is InChI=1S/C46H32N2O2/c1-29-10-6-14-32(24-29)35-20-22-41-39(27-35)40-28-36(33-15-7-11-30(2)25-33)21-23-42(40)48(41)43-19-9-18-38-44(43)46(50)47(45(38)49)37-17-8-16-34(26-37)31-12-4-3-5-13-31/h3-28H,1-2H3. The van der Waals surface area contributed by atoms with Gasteiger partial charge in [0.05, 0.1) is 33.5 Å². The summed E-state index contributed by atoms with van der Waals surface area (Å²) in [4.78, 5) is 29.9. The van der Waals surface area contributed by atoms with Crippen LogP contribution in [0.15, 0.2) is 158 Å². The number of aryl methyl sites for hydroxylation is 2. The van der Waals surface area contributed by atoms with Gasteiger partial charge >= 0.3 is 0 Å². The second kappa shape index (κ2) is 11.6. The number of fused-ring (bicyclic) bond motifs is 4. The molecule has 1 aliphatic heterocycles. The van der Waals surface area contributed by atoms with Crippen LogP contribution in [-0.4, -0.2) is 16.4 Å². The Bertz CT molecular complexity index is 2560. The molecule has 7 aromatic carbocycles. The van der Waals surface area contributed by atoms with Crippen LogP contribution in [0.4, 0.5) is 5.69 Å². The molecular weight excluding hydrogens is 613 g/mol. The highest BCUT2D eigenvalue weighted by Crippen LogP contribution is 2.41. The summed E-state index contributed by atoms with van der Waals surface area (Å²) in [7, 11) is 0. The van der Waals surface area contributed by atoms with E-state index in [4.69, 9.17) is 0 Å². The van der Waals surface area contributed by atoms with Crippen molar-refractivity contribution in [3.05, 3.63) is 180 Å². The molecule has 2 heterocycles. The van der Waals surface area contributed by atoms with Crippen LogP contribution < -0.4 is 4.90 Å². The zero-order valence-electron chi connectivity index (χ0n) is 27.7. The molecular formula is C46H32N2O2. The molecule has 1 aromatic heterocycles. The van der Waals surface area contributed by atoms with E-state index in [1.165, 1.54) is 16.0 Å². The molecule has 0 saturated carbocycles.